The maximum atomic E-state index is 12.6. The van der Waals surface area contributed by atoms with Gasteiger partial charge in [-0.25, -0.2) is 0 Å². The first-order valence-electron chi connectivity index (χ1n) is 8.42. The third-order valence-corrected chi connectivity index (χ3v) is 4.99. The van der Waals surface area contributed by atoms with Gasteiger partial charge in [-0.2, -0.15) is 5.26 Å². The quantitative estimate of drug-likeness (QED) is 0.809. The molecule has 5 heteroatoms. The molecule has 128 valence electrons. The standard InChI is InChI=1S/C20H21N3O2/c1-13(2)19(24)14-8-10-23(11-9-14)18-15-6-4-5-7-17(15)22(3)20(25)16(18)12-21/h4-7,14H,1,8-11H2,2-3H3. The molecule has 0 unspecified atom stereocenters. The number of hydrogen-bond donors (Lipinski definition) is 0. The summed E-state index contributed by atoms with van der Waals surface area (Å²) in [5.74, 6) is 0.103. The fourth-order valence-electron chi connectivity index (χ4n) is 3.62. The van der Waals surface area contributed by atoms with Gasteiger partial charge < -0.3 is 9.47 Å². The van der Waals surface area contributed by atoms with Gasteiger partial charge in [0.1, 0.15) is 11.6 Å². The highest BCUT2D eigenvalue weighted by Gasteiger charge is 2.28. The number of Topliss-reactive ketones (excluding diaryl/α,β-unsaturated/α-hetero) is 1. The zero-order valence-electron chi connectivity index (χ0n) is 14.6. The number of anilines is 1. The van der Waals surface area contributed by atoms with E-state index >= 15 is 0 Å². The normalized spacial score (nSPS) is 15.2. The number of rotatable bonds is 3. The van der Waals surface area contributed by atoms with Crippen LogP contribution in [-0.4, -0.2) is 23.4 Å². The molecule has 0 amide bonds. The first kappa shape index (κ1) is 17.0. The first-order chi connectivity index (χ1) is 12.0. The highest BCUT2D eigenvalue weighted by Crippen LogP contribution is 2.32. The van der Waals surface area contributed by atoms with Crippen LogP contribution in [0.15, 0.2) is 41.2 Å². The number of piperidine rings is 1. The Morgan fingerprint density at radius 1 is 1.28 bits per heavy atom. The lowest BCUT2D eigenvalue weighted by molar-refractivity contribution is -0.119. The van der Waals surface area contributed by atoms with Crippen LogP contribution in [-0.2, 0) is 11.8 Å². The van der Waals surface area contributed by atoms with Crippen molar-refractivity contribution in [1.29, 1.82) is 5.26 Å². The number of nitrogens with zero attached hydrogens (tertiary/aromatic N) is 3. The number of para-hydroxylation sites is 1. The van der Waals surface area contributed by atoms with E-state index in [4.69, 9.17) is 0 Å². The second kappa shape index (κ2) is 6.56. The smallest absolute Gasteiger partial charge is 0.270 e. The van der Waals surface area contributed by atoms with E-state index in [-0.39, 0.29) is 22.8 Å². The first-order valence-corrected chi connectivity index (χ1v) is 8.42. The molecule has 1 aromatic heterocycles. The molecule has 0 N–H and O–H groups in total. The predicted octanol–water partition coefficient (Wildman–Crippen LogP) is 2.77. The van der Waals surface area contributed by atoms with Crippen molar-refractivity contribution in [3.05, 3.63) is 52.3 Å². The van der Waals surface area contributed by atoms with Crippen molar-refractivity contribution in [2.75, 3.05) is 18.0 Å². The zero-order valence-corrected chi connectivity index (χ0v) is 14.6. The number of fused-ring (bicyclic) bond motifs is 1. The molecule has 0 aliphatic carbocycles. The Morgan fingerprint density at radius 2 is 1.92 bits per heavy atom. The van der Waals surface area contributed by atoms with Crippen LogP contribution in [0.5, 0.6) is 0 Å². The maximum Gasteiger partial charge on any atom is 0.270 e. The van der Waals surface area contributed by atoms with Crippen LogP contribution in [0, 0.1) is 17.2 Å². The van der Waals surface area contributed by atoms with Gasteiger partial charge in [0.15, 0.2) is 5.78 Å². The molecule has 5 nitrogen and oxygen atoms in total. The number of ketones is 1. The molecule has 2 heterocycles. The van der Waals surface area contributed by atoms with Crippen molar-refractivity contribution >= 4 is 22.4 Å². The molecule has 0 radical (unpaired) electrons. The zero-order chi connectivity index (χ0) is 18.1. The van der Waals surface area contributed by atoms with Gasteiger partial charge in [0.25, 0.3) is 5.56 Å². The molecule has 1 aromatic carbocycles. The SMILES string of the molecule is C=C(C)C(=O)C1CCN(c2c(C#N)c(=O)n(C)c3ccccc23)CC1. The molecule has 0 atom stereocenters. The Morgan fingerprint density at radius 3 is 2.52 bits per heavy atom. The molecule has 3 rings (SSSR count). The summed E-state index contributed by atoms with van der Waals surface area (Å²) in [6.45, 7) is 6.79. The number of aromatic nitrogens is 1. The van der Waals surface area contributed by atoms with E-state index in [0.29, 0.717) is 37.2 Å². The predicted molar refractivity (Wildman–Crippen MR) is 98.7 cm³/mol. The largest absolute Gasteiger partial charge is 0.370 e. The molecular weight excluding hydrogens is 314 g/mol. The van der Waals surface area contributed by atoms with Crippen molar-refractivity contribution in [2.24, 2.45) is 13.0 Å². The molecule has 1 fully saturated rings. The minimum atomic E-state index is -0.281. The number of aryl methyl sites for hydroxylation is 1. The average molecular weight is 335 g/mol. The number of benzene rings is 1. The molecule has 2 aromatic rings. The lowest BCUT2D eigenvalue weighted by atomic mass is 9.89. The van der Waals surface area contributed by atoms with E-state index in [9.17, 15) is 14.9 Å². The summed E-state index contributed by atoms with van der Waals surface area (Å²) in [6.07, 6.45) is 1.42. The minimum absolute atomic E-state index is 0.0166. The van der Waals surface area contributed by atoms with Crippen molar-refractivity contribution in [3.63, 3.8) is 0 Å². The summed E-state index contributed by atoms with van der Waals surface area (Å²) >= 11 is 0. The summed E-state index contributed by atoms with van der Waals surface area (Å²) in [5.41, 5.74) is 1.99. The molecule has 1 aliphatic rings. The van der Waals surface area contributed by atoms with Crippen molar-refractivity contribution in [3.8, 4) is 6.07 Å². The summed E-state index contributed by atoms with van der Waals surface area (Å²) < 4.78 is 1.52. The molecule has 0 spiro atoms. The van der Waals surface area contributed by atoms with Crippen LogP contribution >= 0.6 is 0 Å². The van der Waals surface area contributed by atoms with E-state index in [2.05, 4.69) is 17.5 Å². The number of allylic oxidation sites excluding steroid dienone is 1. The molecular formula is C20H21N3O2. The van der Waals surface area contributed by atoms with Crippen LogP contribution < -0.4 is 10.5 Å². The van der Waals surface area contributed by atoms with Crippen LogP contribution in [0.4, 0.5) is 5.69 Å². The number of carbonyl (C=O) groups is 1. The topological polar surface area (TPSA) is 66.1 Å². The Hall–Kier alpha value is -2.87. The van der Waals surface area contributed by atoms with Gasteiger partial charge in [0, 0.05) is 31.4 Å². The fourth-order valence-corrected chi connectivity index (χ4v) is 3.62. The second-order valence-electron chi connectivity index (χ2n) is 6.62. The number of nitriles is 1. The van der Waals surface area contributed by atoms with Crippen LogP contribution in [0.2, 0.25) is 0 Å². The van der Waals surface area contributed by atoms with E-state index in [1.54, 1.807) is 14.0 Å². The monoisotopic (exact) mass is 335 g/mol. The average Bonchev–Trinajstić information content (AvgIpc) is 2.64. The maximum absolute atomic E-state index is 12.6. The van der Waals surface area contributed by atoms with Gasteiger partial charge in [-0.3, -0.25) is 9.59 Å². The second-order valence-corrected chi connectivity index (χ2v) is 6.62. The Kier molecular flexibility index (Phi) is 4.45. The van der Waals surface area contributed by atoms with Crippen molar-refractivity contribution < 1.29 is 4.79 Å². The Bertz CT molecular complexity index is 957. The van der Waals surface area contributed by atoms with Crippen LogP contribution in [0.25, 0.3) is 10.9 Å². The third kappa shape index (κ3) is 2.85. The number of carbonyl (C=O) groups excluding carboxylic acids is 1. The summed E-state index contributed by atoms with van der Waals surface area (Å²) in [4.78, 5) is 26.8. The van der Waals surface area contributed by atoms with Gasteiger partial charge in [0.05, 0.1) is 11.2 Å². The van der Waals surface area contributed by atoms with Gasteiger partial charge >= 0.3 is 0 Å². The summed E-state index contributed by atoms with van der Waals surface area (Å²) in [6, 6.07) is 9.71. The lowest BCUT2D eigenvalue weighted by Crippen LogP contribution is -2.38. The van der Waals surface area contributed by atoms with Crippen molar-refractivity contribution in [2.45, 2.75) is 19.8 Å². The van der Waals surface area contributed by atoms with E-state index in [1.807, 2.05) is 24.3 Å². The van der Waals surface area contributed by atoms with Crippen LogP contribution in [0.3, 0.4) is 0 Å². The number of pyridine rings is 1. The van der Waals surface area contributed by atoms with Gasteiger partial charge in [-0.05, 0) is 31.4 Å². The number of hydrogen-bond acceptors (Lipinski definition) is 4. The highest BCUT2D eigenvalue weighted by molar-refractivity contribution is 5.97. The molecule has 0 saturated carbocycles. The van der Waals surface area contributed by atoms with E-state index in [0.717, 1.165) is 10.9 Å². The Balaban J connectivity index is 2.04. The van der Waals surface area contributed by atoms with Gasteiger partial charge in [0.2, 0.25) is 0 Å². The summed E-state index contributed by atoms with van der Waals surface area (Å²) in [7, 11) is 1.69. The Labute approximate surface area is 146 Å². The molecule has 25 heavy (non-hydrogen) atoms. The lowest BCUT2D eigenvalue weighted by Gasteiger charge is -2.34. The van der Waals surface area contributed by atoms with Crippen LogP contribution in [0.1, 0.15) is 25.3 Å². The van der Waals surface area contributed by atoms with E-state index in [1.165, 1.54) is 4.57 Å². The molecule has 1 aliphatic heterocycles. The van der Waals surface area contributed by atoms with Gasteiger partial charge in [-0.1, -0.05) is 24.8 Å². The molecule has 0 bridgehead atoms. The summed E-state index contributed by atoms with van der Waals surface area (Å²) in [5, 5.41) is 10.5. The fraction of sp³-hybridized carbons (Fsp3) is 0.350. The third-order valence-electron chi connectivity index (χ3n) is 4.99. The van der Waals surface area contributed by atoms with E-state index < -0.39 is 0 Å². The van der Waals surface area contributed by atoms with Gasteiger partial charge in [-0.15, -0.1) is 0 Å². The highest BCUT2D eigenvalue weighted by atomic mass is 16.1. The van der Waals surface area contributed by atoms with Crippen molar-refractivity contribution in [1.82, 2.24) is 4.57 Å². The minimum Gasteiger partial charge on any atom is -0.370 e. The molecule has 1 saturated heterocycles.